The minimum Gasteiger partial charge on any atom is -0.480 e. The van der Waals surface area contributed by atoms with Crippen molar-refractivity contribution in [2.45, 2.75) is 32.9 Å². The van der Waals surface area contributed by atoms with Crippen molar-refractivity contribution >= 4 is 23.6 Å². The first kappa shape index (κ1) is 16.3. The molecule has 5 nitrogen and oxygen atoms in total. The normalized spacial score (nSPS) is 13.3. The number of amides is 2. The highest BCUT2D eigenvalue weighted by molar-refractivity contribution is 6.31. The van der Waals surface area contributed by atoms with Crippen molar-refractivity contribution < 1.29 is 14.7 Å². The molecule has 0 bridgehead atoms. The van der Waals surface area contributed by atoms with Crippen LogP contribution in [0.2, 0.25) is 5.02 Å². The monoisotopic (exact) mass is 298 g/mol. The smallest absolute Gasteiger partial charge is 0.326 e. The molecule has 0 fully saturated rings. The zero-order valence-electron chi connectivity index (χ0n) is 11.5. The molecule has 0 saturated heterocycles. The number of nitrogens with one attached hydrogen (secondary N) is 2. The van der Waals surface area contributed by atoms with Crippen LogP contribution in [0.15, 0.2) is 24.3 Å². The lowest BCUT2D eigenvalue weighted by atomic mass is 9.99. The van der Waals surface area contributed by atoms with Crippen LogP contribution in [0.4, 0.5) is 4.79 Å². The van der Waals surface area contributed by atoms with Gasteiger partial charge in [-0.2, -0.15) is 0 Å². The summed E-state index contributed by atoms with van der Waals surface area (Å²) in [5, 5.41) is 14.7. The maximum Gasteiger partial charge on any atom is 0.326 e. The number of rotatable bonds is 6. The van der Waals surface area contributed by atoms with Gasteiger partial charge in [-0.15, -0.1) is 0 Å². The zero-order chi connectivity index (χ0) is 15.1. The van der Waals surface area contributed by atoms with Crippen LogP contribution in [0, 0.1) is 5.92 Å². The van der Waals surface area contributed by atoms with Gasteiger partial charge in [0.15, 0.2) is 0 Å². The van der Waals surface area contributed by atoms with Crippen molar-refractivity contribution in [1.29, 1.82) is 0 Å². The van der Waals surface area contributed by atoms with Crippen LogP contribution in [0.5, 0.6) is 0 Å². The molecule has 0 saturated carbocycles. The lowest BCUT2D eigenvalue weighted by molar-refractivity contribution is -0.140. The van der Waals surface area contributed by atoms with Gasteiger partial charge in [0.25, 0.3) is 0 Å². The van der Waals surface area contributed by atoms with Crippen molar-refractivity contribution in [2.24, 2.45) is 5.92 Å². The molecule has 0 aliphatic rings. The number of hydrogen-bond donors (Lipinski definition) is 3. The van der Waals surface area contributed by atoms with E-state index in [0.29, 0.717) is 11.4 Å². The van der Waals surface area contributed by atoms with E-state index in [1.54, 1.807) is 25.1 Å². The molecule has 3 N–H and O–H groups in total. The SMILES string of the molecule is CCC(C)[C@@H](NC(=O)NCc1ccccc1Cl)C(=O)O. The summed E-state index contributed by atoms with van der Waals surface area (Å²) in [6.07, 6.45) is 0.668. The van der Waals surface area contributed by atoms with Gasteiger partial charge in [-0.3, -0.25) is 0 Å². The molecular weight excluding hydrogens is 280 g/mol. The second kappa shape index (κ2) is 7.75. The molecule has 110 valence electrons. The Labute approximate surface area is 123 Å². The maximum absolute atomic E-state index is 11.7. The van der Waals surface area contributed by atoms with E-state index in [0.717, 1.165) is 5.56 Å². The molecule has 1 rings (SSSR count). The van der Waals surface area contributed by atoms with Crippen LogP contribution >= 0.6 is 11.6 Å². The number of carbonyl (C=O) groups is 2. The summed E-state index contributed by atoms with van der Waals surface area (Å²) in [6.45, 7) is 3.91. The molecular formula is C14H19ClN2O3. The summed E-state index contributed by atoms with van der Waals surface area (Å²) >= 11 is 5.97. The largest absolute Gasteiger partial charge is 0.480 e. The third kappa shape index (κ3) is 4.74. The predicted octanol–water partition coefficient (Wildman–Crippen LogP) is 2.64. The fraction of sp³-hybridized carbons (Fsp3) is 0.429. The van der Waals surface area contributed by atoms with Crippen LogP contribution < -0.4 is 10.6 Å². The second-order valence-electron chi connectivity index (χ2n) is 4.62. The maximum atomic E-state index is 11.7. The Bertz CT molecular complexity index is 479. The van der Waals surface area contributed by atoms with E-state index >= 15 is 0 Å². The van der Waals surface area contributed by atoms with E-state index in [-0.39, 0.29) is 12.5 Å². The highest BCUT2D eigenvalue weighted by atomic mass is 35.5. The van der Waals surface area contributed by atoms with Crippen LogP contribution in [0.3, 0.4) is 0 Å². The molecule has 0 aromatic heterocycles. The first-order chi connectivity index (χ1) is 9.45. The van der Waals surface area contributed by atoms with Gasteiger partial charge in [-0.25, -0.2) is 9.59 Å². The quantitative estimate of drug-likeness (QED) is 0.755. The van der Waals surface area contributed by atoms with E-state index in [4.69, 9.17) is 16.7 Å². The first-order valence-electron chi connectivity index (χ1n) is 6.46. The lowest BCUT2D eigenvalue weighted by Crippen LogP contribution is -2.48. The average Bonchev–Trinajstić information content (AvgIpc) is 2.42. The minimum atomic E-state index is -1.03. The number of hydrogen-bond acceptors (Lipinski definition) is 2. The molecule has 0 radical (unpaired) electrons. The Hall–Kier alpha value is -1.75. The summed E-state index contributed by atoms with van der Waals surface area (Å²) in [7, 11) is 0. The molecule has 2 amide bonds. The topological polar surface area (TPSA) is 78.4 Å². The van der Waals surface area contributed by atoms with Crippen LogP contribution in [0.1, 0.15) is 25.8 Å². The number of aliphatic carboxylic acids is 1. The number of carboxylic acids is 1. The molecule has 0 aliphatic heterocycles. The molecule has 2 atom stereocenters. The van der Waals surface area contributed by atoms with Gasteiger partial charge in [-0.1, -0.05) is 50.1 Å². The Balaban J connectivity index is 2.55. The highest BCUT2D eigenvalue weighted by Crippen LogP contribution is 2.14. The molecule has 0 spiro atoms. The summed E-state index contributed by atoms with van der Waals surface area (Å²) < 4.78 is 0. The Morgan fingerprint density at radius 1 is 1.35 bits per heavy atom. The zero-order valence-corrected chi connectivity index (χ0v) is 12.3. The van der Waals surface area contributed by atoms with E-state index in [1.165, 1.54) is 0 Å². The highest BCUT2D eigenvalue weighted by Gasteiger charge is 2.25. The molecule has 1 aromatic rings. The Kier molecular flexibility index (Phi) is 6.31. The summed E-state index contributed by atoms with van der Waals surface area (Å²) in [5.74, 6) is -1.18. The van der Waals surface area contributed by atoms with Crippen molar-refractivity contribution in [3.05, 3.63) is 34.9 Å². The predicted molar refractivity (Wildman–Crippen MR) is 77.7 cm³/mol. The van der Waals surface area contributed by atoms with E-state index < -0.39 is 18.0 Å². The van der Waals surface area contributed by atoms with Crippen LogP contribution in [-0.2, 0) is 11.3 Å². The van der Waals surface area contributed by atoms with Gasteiger partial charge >= 0.3 is 12.0 Å². The van der Waals surface area contributed by atoms with Crippen molar-refractivity contribution in [3.63, 3.8) is 0 Å². The lowest BCUT2D eigenvalue weighted by Gasteiger charge is -2.20. The second-order valence-corrected chi connectivity index (χ2v) is 5.03. The summed E-state index contributed by atoms with van der Waals surface area (Å²) in [6, 6.07) is 5.74. The number of halogens is 1. The fourth-order valence-corrected chi connectivity index (χ4v) is 1.90. The molecule has 1 unspecified atom stereocenters. The van der Waals surface area contributed by atoms with Crippen molar-refractivity contribution in [1.82, 2.24) is 10.6 Å². The Morgan fingerprint density at radius 3 is 2.55 bits per heavy atom. The molecule has 1 aromatic carbocycles. The Morgan fingerprint density at radius 2 is 2.00 bits per heavy atom. The van der Waals surface area contributed by atoms with E-state index in [1.807, 2.05) is 13.0 Å². The third-order valence-electron chi connectivity index (χ3n) is 3.16. The van der Waals surface area contributed by atoms with Gasteiger partial charge in [-0.05, 0) is 17.5 Å². The first-order valence-corrected chi connectivity index (χ1v) is 6.84. The third-order valence-corrected chi connectivity index (χ3v) is 3.53. The molecule has 0 heterocycles. The summed E-state index contributed by atoms with van der Waals surface area (Å²) in [5.41, 5.74) is 0.778. The van der Waals surface area contributed by atoms with Gasteiger partial charge in [0.1, 0.15) is 6.04 Å². The van der Waals surface area contributed by atoms with Crippen molar-refractivity contribution in [3.8, 4) is 0 Å². The average molecular weight is 299 g/mol. The van der Waals surface area contributed by atoms with Crippen molar-refractivity contribution in [2.75, 3.05) is 0 Å². The molecule has 0 aliphatic carbocycles. The number of benzene rings is 1. The minimum absolute atomic E-state index is 0.140. The number of urea groups is 1. The van der Waals surface area contributed by atoms with Crippen LogP contribution in [-0.4, -0.2) is 23.1 Å². The van der Waals surface area contributed by atoms with Gasteiger partial charge in [0, 0.05) is 11.6 Å². The standard InChI is InChI=1S/C14H19ClN2O3/c1-3-9(2)12(13(18)19)17-14(20)16-8-10-6-4-5-7-11(10)15/h4-7,9,12H,3,8H2,1-2H3,(H,18,19)(H2,16,17,20)/t9?,12-/m1/s1. The van der Waals surface area contributed by atoms with Gasteiger partial charge < -0.3 is 15.7 Å². The van der Waals surface area contributed by atoms with Gasteiger partial charge in [0.2, 0.25) is 0 Å². The van der Waals surface area contributed by atoms with E-state index in [2.05, 4.69) is 10.6 Å². The number of carboxylic acid groups (broad SMARTS) is 1. The van der Waals surface area contributed by atoms with Gasteiger partial charge in [0.05, 0.1) is 0 Å². The van der Waals surface area contributed by atoms with Crippen LogP contribution in [0.25, 0.3) is 0 Å². The fourth-order valence-electron chi connectivity index (χ4n) is 1.69. The number of carbonyl (C=O) groups excluding carboxylic acids is 1. The molecule has 20 heavy (non-hydrogen) atoms. The van der Waals surface area contributed by atoms with E-state index in [9.17, 15) is 9.59 Å². The summed E-state index contributed by atoms with van der Waals surface area (Å²) in [4.78, 5) is 22.8. The molecule has 6 heteroatoms.